The van der Waals surface area contributed by atoms with Gasteiger partial charge in [-0.15, -0.1) is 0 Å². The van der Waals surface area contributed by atoms with Crippen LogP contribution in [-0.4, -0.2) is 34.2 Å². The molecule has 1 saturated carbocycles. The van der Waals surface area contributed by atoms with Gasteiger partial charge in [0.05, 0.1) is 18.3 Å². The Balaban J connectivity index is 1.35. The number of likely N-dealkylation sites (tertiary alicyclic amines) is 1. The monoisotopic (exact) mass is 357 g/mol. The van der Waals surface area contributed by atoms with E-state index >= 15 is 0 Å². The first-order valence-corrected chi connectivity index (χ1v) is 9.44. The van der Waals surface area contributed by atoms with Crippen LogP contribution in [0.3, 0.4) is 0 Å². The maximum atomic E-state index is 13.6. The lowest BCUT2D eigenvalue weighted by atomic mass is 9.84. The summed E-state index contributed by atoms with van der Waals surface area (Å²) in [4.78, 5) is 14.6. The van der Waals surface area contributed by atoms with Gasteiger partial charge in [-0.1, -0.05) is 18.6 Å². The van der Waals surface area contributed by atoms with E-state index in [1.165, 1.54) is 12.5 Å². The Morgan fingerprint density at radius 3 is 2.88 bits per heavy atom. The third kappa shape index (κ3) is 3.45. The molecule has 138 valence electrons. The molecule has 26 heavy (non-hydrogen) atoms. The number of rotatable bonds is 6. The molecular formula is C20H24FN3O2. The number of aromatic amines is 1. The van der Waals surface area contributed by atoms with Crippen molar-refractivity contribution < 1.29 is 13.9 Å². The van der Waals surface area contributed by atoms with Gasteiger partial charge in [-0.3, -0.25) is 9.89 Å². The molecule has 1 aromatic heterocycles. The van der Waals surface area contributed by atoms with Crippen molar-refractivity contribution >= 4 is 5.91 Å². The number of hydrogen-bond donors (Lipinski definition) is 1. The van der Waals surface area contributed by atoms with Gasteiger partial charge in [0.15, 0.2) is 11.6 Å². The summed E-state index contributed by atoms with van der Waals surface area (Å²) in [5, 5.41) is 7.47. The zero-order chi connectivity index (χ0) is 17.9. The summed E-state index contributed by atoms with van der Waals surface area (Å²) in [7, 11) is 0. The maximum absolute atomic E-state index is 13.6. The number of carbonyl (C=O) groups is 1. The van der Waals surface area contributed by atoms with Crippen molar-refractivity contribution in [2.45, 2.75) is 44.6 Å². The number of amides is 1. The Morgan fingerprint density at radius 2 is 2.12 bits per heavy atom. The summed E-state index contributed by atoms with van der Waals surface area (Å²) in [5.41, 5.74) is 1.87. The highest BCUT2D eigenvalue weighted by atomic mass is 19.1. The quantitative estimate of drug-likeness (QED) is 0.859. The summed E-state index contributed by atoms with van der Waals surface area (Å²) < 4.78 is 19.1. The molecule has 2 aromatic rings. The van der Waals surface area contributed by atoms with E-state index in [4.69, 9.17) is 4.74 Å². The molecule has 1 saturated heterocycles. The molecule has 1 aliphatic carbocycles. The summed E-state index contributed by atoms with van der Waals surface area (Å²) >= 11 is 0. The van der Waals surface area contributed by atoms with E-state index in [9.17, 15) is 9.18 Å². The highest BCUT2D eigenvalue weighted by molar-refractivity contribution is 5.80. The van der Waals surface area contributed by atoms with Crippen LogP contribution in [0.1, 0.15) is 49.5 Å². The van der Waals surface area contributed by atoms with Crippen molar-refractivity contribution in [2.24, 2.45) is 5.92 Å². The minimum atomic E-state index is -0.353. The number of ether oxygens (including phenoxy) is 1. The Bertz CT molecular complexity index is 772. The molecule has 2 heterocycles. The second-order valence-corrected chi connectivity index (χ2v) is 7.16. The largest absolute Gasteiger partial charge is 0.490 e. The van der Waals surface area contributed by atoms with Gasteiger partial charge in [0, 0.05) is 24.6 Å². The van der Waals surface area contributed by atoms with Crippen LogP contribution < -0.4 is 4.74 Å². The number of carbonyl (C=O) groups excluding carboxylic acids is 1. The van der Waals surface area contributed by atoms with Crippen LogP contribution in [0.25, 0.3) is 0 Å². The minimum absolute atomic E-state index is 0.0839. The van der Waals surface area contributed by atoms with Gasteiger partial charge in [0.2, 0.25) is 5.91 Å². The number of halogens is 1. The lowest BCUT2D eigenvalue weighted by Gasteiger charge is -2.32. The topological polar surface area (TPSA) is 58.2 Å². The molecule has 1 atom stereocenters. The van der Waals surface area contributed by atoms with Gasteiger partial charge >= 0.3 is 0 Å². The van der Waals surface area contributed by atoms with Gasteiger partial charge in [-0.25, -0.2) is 4.39 Å². The first-order chi connectivity index (χ1) is 12.7. The van der Waals surface area contributed by atoms with Crippen molar-refractivity contribution in [3.8, 4) is 5.75 Å². The molecule has 4 rings (SSSR count). The summed E-state index contributed by atoms with van der Waals surface area (Å²) in [5.74, 6) is 0.434. The van der Waals surface area contributed by atoms with Crippen LogP contribution >= 0.6 is 0 Å². The number of benzene rings is 1. The molecule has 1 N–H and O–H groups in total. The van der Waals surface area contributed by atoms with Gasteiger partial charge in [-0.2, -0.15) is 5.10 Å². The van der Waals surface area contributed by atoms with Crippen LogP contribution in [0.4, 0.5) is 4.39 Å². The Kier molecular flexibility index (Phi) is 4.91. The Morgan fingerprint density at radius 1 is 1.27 bits per heavy atom. The van der Waals surface area contributed by atoms with Crippen molar-refractivity contribution in [3.05, 3.63) is 47.5 Å². The van der Waals surface area contributed by atoms with Crippen LogP contribution in [0.2, 0.25) is 0 Å². The molecule has 5 nitrogen and oxygen atoms in total. The lowest BCUT2D eigenvalue weighted by molar-refractivity contribution is -0.139. The molecule has 1 aliphatic heterocycles. The fourth-order valence-corrected chi connectivity index (χ4v) is 3.74. The SMILES string of the molecule is O=C(C1CCC1)N1CCCC1c1cc(CCOc2ccccc2F)[nH]n1. The Hall–Kier alpha value is -2.37. The zero-order valence-electron chi connectivity index (χ0n) is 14.8. The van der Waals surface area contributed by atoms with E-state index in [0.717, 1.165) is 43.6 Å². The minimum Gasteiger partial charge on any atom is -0.490 e. The molecule has 1 aromatic carbocycles. The normalized spacial score (nSPS) is 20.2. The average Bonchev–Trinajstić information content (AvgIpc) is 3.23. The molecule has 0 radical (unpaired) electrons. The first-order valence-electron chi connectivity index (χ1n) is 9.44. The third-order valence-electron chi connectivity index (χ3n) is 5.45. The van der Waals surface area contributed by atoms with Gasteiger partial charge in [0.1, 0.15) is 0 Å². The predicted molar refractivity (Wildman–Crippen MR) is 95.2 cm³/mol. The van der Waals surface area contributed by atoms with E-state index in [0.29, 0.717) is 18.9 Å². The maximum Gasteiger partial charge on any atom is 0.226 e. The standard InChI is InChI=1S/C20H24FN3O2/c21-16-7-1-2-9-19(16)26-12-10-15-13-17(23-22-15)18-8-4-11-24(18)20(25)14-5-3-6-14/h1-2,7,9,13-14,18H,3-6,8,10-12H2,(H,22,23). The lowest BCUT2D eigenvalue weighted by Crippen LogP contribution is -2.38. The van der Waals surface area contributed by atoms with Gasteiger partial charge in [-0.05, 0) is 43.9 Å². The number of aromatic nitrogens is 2. The smallest absolute Gasteiger partial charge is 0.226 e. The number of nitrogens with zero attached hydrogens (tertiary/aromatic N) is 2. The van der Waals surface area contributed by atoms with Gasteiger partial charge in [0.25, 0.3) is 0 Å². The highest BCUT2D eigenvalue weighted by Gasteiger charge is 2.37. The summed E-state index contributed by atoms with van der Waals surface area (Å²) in [6.07, 6.45) is 5.84. The second kappa shape index (κ2) is 7.48. The van der Waals surface area contributed by atoms with Gasteiger partial charge < -0.3 is 9.64 Å². The molecular weight excluding hydrogens is 333 g/mol. The average molecular weight is 357 g/mol. The van der Waals surface area contributed by atoms with Crippen molar-refractivity contribution in [1.29, 1.82) is 0 Å². The molecule has 2 fully saturated rings. The number of H-pyrrole nitrogens is 1. The first kappa shape index (κ1) is 17.1. The van der Waals surface area contributed by atoms with E-state index < -0.39 is 0 Å². The molecule has 2 aliphatic rings. The number of para-hydroxylation sites is 1. The predicted octanol–water partition coefficient (Wildman–Crippen LogP) is 3.63. The zero-order valence-corrected chi connectivity index (χ0v) is 14.8. The number of nitrogens with one attached hydrogen (secondary N) is 1. The van der Waals surface area contributed by atoms with Crippen molar-refractivity contribution in [1.82, 2.24) is 15.1 Å². The van der Waals surface area contributed by atoms with E-state index in [-0.39, 0.29) is 23.5 Å². The molecule has 0 spiro atoms. The van der Waals surface area contributed by atoms with E-state index in [2.05, 4.69) is 10.2 Å². The fraction of sp³-hybridized carbons (Fsp3) is 0.500. The Labute approximate surface area is 152 Å². The van der Waals surface area contributed by atoms with E-state index in [1.807, 2.05) is 11.0 Å². The fourth-order valence-electron chi connectivity index (χ4n) is 3.74. The summed E-state index contributed by atoms with van der Waals surface area (Å²) in [6.45, 7) is 1.20. The van der Waals surface area contributed by atoms with E-state index in [1.54, 1.807) is 18.2 Å². The molecule has 0 bridgehead atoms. The van der Waals surface area contributed by atoms with Crippen LogP contribution in [0, 0.1) is 11.7 Å². The van der Waals surface area contributed by atoms with Crippen molar-refractivity contribution in [3.63, 3.8) is 0 Å². The van der Waals surface area contributed by atoms with Crippen LogP contribution in [0.15, 0.2) is 30.3 Å². The molecule has 1 amide bonds. The molecule has 6 heteroatoms. The summed E-state index contributed by atoms with van der Waals surface area (Å²) in [6, 6.07) is 8.50. The highest BCUT2D eigenvalue weighted by Crippen LogP contribution is 2.36. The molecule has 1 unspecified atom stereocenters. The third-order valence-corrected chi connectivity index (χ3v) is 5.45. The number of hydrogen-bond acceptors (Lipinski definition) is 3. The van der Waals surface area contributed by atoms with Crippen LogP contribution in [0.5, 0.6) is 5.75 Å². The van der Waals surface area contributed by atoms with Crippen LogP contribution in [-0.2, 0) is 11.2 Å². The van der Waals surface area contributed by atoms with Crippen molar-refractivity contribution in [2.75, 3.05) is 13.2 Å². The second-order valence-electron chi connectivity index (χ2n) is 7.16.